The minimum atomic E-state index is 0.0530. The Morgan fingerprint density at radius 1 is 0.926 bits per heavy atom. The number of benzene rings is 2. The van der Waals surface area contributed by atoms with Gasteiger partial charge in [-0.25, -0.2) is 0 Å². The zero-order chi connectivity index (χ0) is 19.8. The summed E-state index contributed by atoms with van der Waals surface area (Å²) in [4.78, 5) is 3.27. The SMILES string of the molecule is CC(C)(C)c1cc(/C=C(\C#N)c2c[nH]c3ccccc23)cc(C(C)(C)C)c1. The second-order valence-electron chi connectivity index (χ2n) is 9.26. The maximum absolute atomic E-state index is 9.84. The van der Waals surface area contributed by atoms with Gasteiger partial charge in [-0.15, -0.1) is 0 Å². The summed E-state index contributed by atoms with van der Waals surface area (Å²) in [7, 11) is 0. The van der Waals surface area contributed by atoms with E-state index in [0.29, 0.717) is 5.57 Å². The first-order valence-electron chi connectivity index (χ1n) is 9.44. The Balaban J connectivity index is 2.18. The van der Waals surface area contributed by atoms with E-state index in [9.17, 15) is 5.26 Å². The Labute approximate surface area is 162 Å². The van der Waals surface area contributed by atoms with Crippen LogP contribution in [0.2, 0.25) is 0 Å². The lowest BCUT2D eigenvalue weighted by Crippen LogP contribution is -2.16. The summed E-state index contributed by atoms with van der Waals surface area (Å²) < 4.78 is 0. The number of fused-ring (bicyclic) bond motifs is 1. The molecule has 27 heavy (non-hydrogen) atoms. The van der Waals surface area contributed by atoms with Crippen LogP contribution in [0.15, 0.2) is 48.7 Å². The number of hydrogen-bond donors (Lipinski definition) is 1. The van der Waals surface area contributed by atoms with Crippen molar-refractivity contribution in [3.8, 4) is 6.07 Å². The lowest BCUT2D eigenvalue weighted by atomic mass is 9.79. The fourth-order valence-corrected chi connectivity index (χ4v) is 3.23. The summed E-state index contributed by atoms with van der Waals surface area (Å²) in [5.74, 6) is 0. The van der Waals surface area contributed by atoms with E-state index < -0.39 is 0 Å². The molecule has 1 aromatic heterocycles. The molecule has 2 heteroatoms. The second kappa shape index (κ2) is 6.74. The van der Waals surface area contributed by atoms with Gasteiger partial charge in [-0.05, 0) is 39.7 Å². The fourth-order valence-electron chi connectivity index (χ4n) is 3.23. The molecule has 0 atom stereocenters. The minimum absolute atomic E-state index is 0.0530. The molecule has 2 aromatic carbocycles. The van der Waals surface area contributed by atoms with Crippen LogP contribution < -0.4 is 0 Å². The number of nitriles is 1. The van der Waals surface area contributed by atoms with Crippen LogP contribution in [0.25, 0.3) is 22.6 Å². The Kier molecular flexibility index (Phi) is 4.74. The molecule has 0 aliphatic rings. The zero-order valence-electron chi connectivity index (χ0n) is 17.1. The Hall–Kier alpha value is -2.79. The first kappa shape index (κ1) is 19.0. The molecule has 0 spiro atoms. The highest BCUT2D eigenvalue weighted by Crippen LogP contribution is 2.32. The highest BCUT2D eigenvalue weighted by molar-refractivity contribution is 6.01. The molecule has 0 saturated heterocycles. The van der Waals surface area contributed by atoms with Gasteiger partial charge in [0.1, 0.15) is 0 Å². The molecule has 1 N–H and O–H groups in total. The summed E-state index contributed by atoms with van der Waals surface area (Å²) in [5, 5.41) is 10.9. The number of aromatic amines is 1. The van der Waals surface area contributed by atoms with Gasteiger partial charge in [-0.2, -0.15) is 5.26 Å². The molecule has 0 aliphatic carbocycles. The van der Waals surface area contributed by atoms with Crippen LogP contribution in [0.1, 0.15) is 63.8 Å². The lowest BCUT2D eigenvalue weighted by Gasteiger charge is -2.25. The van der Waals surface area contributed by atoms with Gasteiger partial charge in [-0.1, -0.05) is 77.9 Å². The molecule has 0 radical (unpaired) electrons. The van der Waals surface area contributed by atoms with Crippen LogP contribution in [0.5, 0.6) is 0 Å². The summed E-state index contributed by atoms with van der Waals surface area (Å²) in [6.45, 7) is 13.4. The van der Waals surface area contributed by atoms with Gasteiger partial charge in [-0.3, -0.25) is 0 Å². The molecule has 0 fully saturated rings. The van der Waals surface area contributed by atoms with Gasteiger partial charge in [0.15, 0.2) is 0 Å². The number of para-hydroxylation sites is 1. The highest BCUT2D eigenvalue weighted by Gasteiger charge is 2.20. The Bertz CT molecular complexity index is 1010. The van der Waals surface area contributed by atoms with E-state index >= 15 is 0 Å². The molecule has 2 nitrogen and oxygen atoms in total. The third kappa shape index (κ3) is 3.98. The smallest absolute Gasteiger partial charge is 0.0998 e. The highest BCUT2D eigenvalue weighted by atomic mass is 14.7. The van der Waals surface area contributed by atoms with E-state index in [1.165, 1.54) is 11.1 Å². The summed E-state index contributed by atoms with van der Waals surface area (Å²) in [6, 6.07) is 17.2. The molecule has 3 aromatic rings. The number of H-pyrrole nitrogens is 1. The molecular weight excluding hydrogens is 328 g/mol. The molecule has 0 aliphatic heterocycles. The van der Waals surface area contributed by atoms with Crippen molar-refractivity contribution < 1.29 is 0 Å². The standard InChI is InChI=1S/C25H28N2/c1-24(2,3)19-12-17(13-20(14-19)25(4,5)6)11-18(15-26)22-16-27-23-10-8-7-9-21(22)23/h7-14,16,27H,1-6H3/b18-11+. The van der Waals surface area contributed by atoms with Gasteiger partial charge >= 0.3 is 0 Å². The van der Waals surface area contributed by atoms with Crippen molar-refractivity contribution in [1.82, 2.24) is 4.98 Å². The van der Waals surface area contributed by atoms with E-state index in [2.05, 4.69) is 76.9 Å². The number of allylic oxidation sites excluding steroid dienone is 1. The number of rotatable bonds is 2. The number of hydrogen-bond acceptors (Lipinski definition) is 1. The zero-order valence-corrected chi connectivity index (χ0v) is 17.1. The Morgan fingerprint density at radius 3 is 2.07 bits per heavy atom. The van der Waals surface area contributed by atoms with Crippen LogP contribution in [0, 0.1) is 11.3 Å². The molecular formula is C25H28N2. The van der Waals surface area contributed by atoms with Crippen LogP contribution in [0.3, 0.4) is 0 Å². The van der Waals surface area contributed by atoms with Crippen molar-refractivity contribution in [1.29, 1.82) is 5.26 Å². The largest absolute Gasteiger partial charge is 0.361 e. The molecule has 1 heterocycles. The first-order chi connectivity index (χ1) is 12.6. The van der Waals surface area contributed by atoms with E-state index in [0.717, 1.165) is 22.0 Å². The number of aromatic nitrogens is 1. The van der Waals surface area contributed by atoms with Crippen molar-refractivity contribution in [2.24, 2.45) is 0 Å². The van der Waals surface area contributed by atoms with Gasteiger partial charge in [0.2, 0.25) is 0 Å². The maximum atomic E-state index is 9.84. The monoisotopic (exact) mass is 356 g/mol. The van der Waals surface area contributed by atoms with Gasteiger partial charge in [0.25, 0.3) is 0 Å². The summed E-state index contributed by atoms with van der Waals surface area (Å²) in [5.41, 5.74) is 6.44. The third-order valence-electron chi connectivity index (χ3n) is 5.00. The number of nitrogens with zero attached hydrogens (tertiary/aromatic N) is 1. The van der Waals surface area contributed by atoms with Crippen molar-refractivity contribution in [3.05, 3.63) is 70.9 Å². The van der Waals surface area contributed by atoms with Gasteiger partial charge in [0.05, 0.1) is 11.6 Å². The van der Waals surface area contributed by atoms with Crippen molar-refractivity contribution in [2.45, 2.75) is 52.4 Å². The molecule has 0 amide bonds. The molecule has 138 valence electrons. The van der Waals surface area contributed by atoms with Crippen LogP contribution in [0.4, 0.5) is 0 Å². The van der Waals surface area contributed by atoms with Crippen LogP contribution >= 0.6 is 0 Å². The van der Waals surface area contributed by atoms with Crippen molar-refractivity contribution in [2.75, 3.05) is 0 Å². The third-order valence-corrected chi connectivity index (χ3v) is 5.00. The van der Waals surface area contributed by atoms with E-state index in [1.54, 1.807) is 0 Å². The van der Waals surface area contributed by atoms with E-state index in [4.69, 9.17) is 0 Å². The van der Waals surface area contributed by atoms with Crippen molar-refractivity contribution >= 4 is 22.6 Å². The normalized spacial score (nSPS) is 13.0. The second-order valence-corrected chi connectivity index (χ2v) is 9.26. The summed E-state index contributed by atoms with van der Waals surface area (Å²) >= 11 is 0. The van der Waals surface area contributed by atoms with Crippen LogP contribution in [-0.4, -0.2) is 4.98 Å². The van der Waals surface area contributed by atoms with E-state index in [-0.39, 0.29) is 10.8 Å². The van der Waals surface area contributed by atoms with Gasteiger partial charge in [0, 0.05) is 22.7 Å². The predicted molar refractivity (Wildman–Crippen MR) is 116 cm³/mol. The minimum Gasteiger partial charge on any atom is -0.361 e. The molecule has 0 saturated carbocycles. The van der Waals surface area contributed by atoms with Crippen molar-refractivity contribution in [3.63, 3.8) is 0 Å². The molecule has 0 unspecified atom stereocenters. The number of nitrogens with one attached hydrogen (secondary N) is 1. The average Bonchev–Trinajstić information content (AvgIpc) is 3.02. The van der Waals surface area contributed by atoms with E-state index in [1.807, 2.05) is 30.5 Å². The molecule has 3 rings (SSSR count). The van der Waals surface area contributed by atoms with Crippen LogP contribution in [-0.2, 0) is 10.8 Å². The topological polar surface area (TPSA) is 39.6 Å². The maximum Gasteiger partial charge on any atom is 0.0998 e. The molecule has 0 bridgehead atoms. The summed E-state index contributed by atoms with van der Waals surface area (Å²) in [6.07, 6.45) is 3.94. The quantitative estimate of drug-likeness (QED) is 0.502. The predicted octanol–water partition coefficient (Wildman–Crippen LogP) is 6.83. The first-order valence-corrected chi connectivity index (χ1v) is 9.44. The fraction of sp³-hybridized carbons (Fsp3) is 0.320. The average molecular weight is 357 g/mol. The van der Waals surface area contributed by atoms with Gasteiger partial charge < -0.3 is 4.98 Å². The lowest BCUT2D eigenvalue weighted by molar-refractivity contribution is 0.568. The Morgan fingerprint density at radius 2 is 1.52 bits per heavy atom.